The van der Waals surface area contributed by atoms with E-state index in [0.29, 0.717) is 5.92 Å². The SMILES string of the molecule is Fc1ccc(C2CCCNC2)c(N2CCCC2)c1. The number of hydrogen-bond donors (Lipinski definition) is 1. The van der Waals surface area contributed by atoms with Crippen LogP contribution in [0.5, 0.6) is 0 Å². The van der Waals surface area contributed by atoms with Gasteiger partial charge in [0.2, 0.25) is 0 Å². The number of nitrogens with one attached hydrogen (secondary N) is 1. The largest absolute Gasteiger partial charge is 0.371 e. The smallest absolute Gasteiger partial charge is 0.125 e. The van der Waals surface area contributed by atoms with Gasteiger partial charge in [-0.15, -0.1) is 0 Å². The van der Waals surface area contributed by atoms with E-state index in [9.17, 15) is 4.39 Å². The van der Waals surface area contributed by atoms with Crippen LogP contribution in [0.15, 0.2) is 18.2 Å². The standard InChI is InChI=1S/C15H21FN2/c16-13-5-6-14(12-4-3-7-17-11-12)15(10-13)18-8-1-2-9-18/h5-6,10,12,17H,1-4,7-9,11H2. The average molecular weight is 248 g/mol. The van der Waals surface area contributed by atoms with Crippen molar-refractivity contribution in [1.82, 2.24) is 5.32 Å². The van der Waals surface area contributed by atoms with E-state index >= 15 is 0 Å². The Morgan fingerprint density at radius 2 is 2.00 bits per heavy atom. The van der Waals surface area contributed by atoms with Gasteiger partial charge in [0.05, 0.1) is 0 Å². The lowest BCUT2D eigenvalue weighted by atomic mass is 9.90. The Hall–Kier alpha value is -1.09. The summed E-state index contributed by atoms with van der Waals surface area (Å²) < 4.78 is 13.5. The average Bonchev–Trinajstić information content (AvgIpc) is 2.93. The zero-order valence-corrected chi connectivity index (χ0v) is 10.8. The lowest BCUT2D eigenvalue weighted by Crippen LogP contribution is -2.30. The molecule has 1 atom stereocenters. The van der Waals surface area contributed by atoms with Gasteiger partial charge in [0.1, 0.15) is 5.82 Å². The van der Waals surface area contributed by atoms with Gasteiger partial charge in [-0.3, -0.25) is 0 Å². The normalized spacial score (nSPS) is 24.5. The van der Waals surface area contributed by atoms with Gasteiger partial charge in [0.25, 0.3) is 0 Å². The highest BCUT2D eigenvalue weighted by Crippen LogP contribution is 2.34. The number of rotatable bonds is 2. The molecule has 0 bridgehead atoms. The fraction of sp³-hybridized carbons (Fsp3) is 0.600. The highest BCUT2D eigenvalue weighted by molar-refractivity contribution is 5.56. The Balaban J connectivity index is 1.91. The molecule has 0 saturated carbocycles. The first-order valence-corrected chi connectivity index (χ1v) is 7.10. The molecule has 2 aliphatic heterocycles. The number of benzene rings is 1. The Kier molecular flexibility index (Phi) is 3.50. The van der Waals surface area contributed by atoms with Gasteiger partial charge in [-0.05, 0) is 55.8 Å². The zero-order valence-electron chi connectivity index (χ0n) is 10.8. The Morgan fingerprint density at radius 1 is 1.17 bits per heavy atom. The molecule has 1 unspecified atom stereocenters. The third kappa shape index (κ3) is 2.37. The lowest BCUT2D eigenvalue weighted by Gasteiger charge is -2.29. The summed E-state index contributed by atoms with van der Waals surface area (Å²) in [6.45, 7) is 4.32. The van der Waals surface area contributed by atoms with Gasteiger partial charge >= 0.3 is 0 Å². The van der Waals surface area contributed by atoms with Gasteiger partial charge in [-0.2, -0.15) is 0 Å². The number of nitrogens with zero attached hydrogens (tertiary/aromatic N) is 1. The summed E-state index contributed by atoms with van der Waals surface area (Å²) in [5, 5.41) is 3.45. The van der Waals surface area contributed by atoms with Crippen molar-refractivity contribution >= 4 is 5.69 Å². The molecule has 0 aromatic heterocycles. The van der Waals surface area contributed by atoms with Crippen molar-refractivity contribution in [3.63, 3.8) is 0 Å². The van der Waals surface area contributed by atoms with E-state index in [-0.39, 0.29) is 5.82 Å². The molecule has 0 radical (unpaired) electrons. The minimum atomic E-state index is -0.107. The number of hydrogen-bond acceptors (Lipinski definition) is 2. The lowest BCUT2D eigenvalue weighted by molar-refractivity contribution is 0.461. The molecule has 2 heterocycles. The molecule has 1 aromatic carbocycles. The van der Waals surface area contributed by atoms with E-state index in [4.69, 9.17) is 0 Å². The second-order valence-electron chi connectivity index (χ2n) is 5.44. The maximum Gasteiger partial charge on any atom is 0.125 e. The summed E-state index contributed by atoms with van der Waals surface area (Å²) in [5.41, 5.74) is 2.48. The summed E-state index contributed by atoms with van der Waals surface area (Å²) in [6, 6.07) is 5.35. The molecule has 2 aliphatic rings. The van der Waals surface area contributed by atoms with Crippen LogP contribution in [-0.4, -0.2) is 26.2 Å². The molecule has 0 aliphatic carbocycles. The summed E-state index contributed by atoms with van der Waals surface area (Å²) in [5.74, 6) is 0.444. The van der Waals surface area contributed by atoms with E-state index in [2.05, 4.69) is 10.2 Å². The molecule has 1 N–H and O–H groups in total. The molecule has 3 heteroatoms. The Morgan fingerprint density at radius 3 is 2.72 bits per heavy atom. The highest BCUT2D eigenvalue weighted by atomic mass is 19.1. The second-order valence-corrected chi connectivity index (χ2v) is 5.44. The summed E-state index contributed by atoms with van der Waals surface area (Å²) in [6.07, 6.45) is 4.92. The Labute approximate surface area is 108 Å². The number of halogens is 1. The quantitative estimate of drug-likeness (QED) is 0.865. The van der Waals surface area contributed by atoms with Crippen molar-refractivity contribution in [2.75, 3.05) is 31.1 Å². The third-order valence-electron chi connectivity index (χ3n) is 4.18. The molecule has 1 aromatic rings. The maximum atomic E-state index is 13.5. The van der Waals surface area contributed by atoms with Gasteiger partial charge in [-0.25, -0.2) is 4.39 Å². The van der Waals surface area contributed by atoms with E-state index < -0.39 is 0 Å². The summed E-state index contributed by atoms with van der Waals surface area (Å²) in [7, 11) is 0. The predicted molar refractivity (Wildman–Crippen MR) is 72.7 cm³/mol. The van der Waals surface area contributed by atoms with Crippen LogP contribution in [-0.2, 0) is 0 Å². The molecule has 0 amide bonds. The first kappa shape index (κ1) is 12.0. The van der Waals surface area contributed by atoms with Crippen LogP contribution in [0.3, 0.4) is 0 Å². The molecular weight excluding hydrogens is 227 g/mol. The molecule has 0 spiro atoms. The van der Waals surface area contributed by atoms with Crippen molar-refractivity contribution < 1.29 is 4.39 Å². The van der Waals surface area contributed by atoms with Gasteiger partial charge in [0.15, 0.2) is 0 Å². The minimum absolute atomic E-state index is 0.107. The van der Waals surface area contributed by atoms with Crippen LogP contribution in [0.25, 0.3) is 0 Å². The van der Waals surface area contributed by atoms with Crippen molar-refractivity contribution in [1.29, 1.82) is 0 Å². The van der Waals surface area contributed by atoms with E-state index in [1.54, 1.807) is 12.1 Å². The molecule has 18 heavy (non-hydrogen) atoms. The molecule has 2 saturated heterocycles. The van der Waals surface area contributed by atoms with Crippen molar-refractivity contribution in [3.8, 4) is 0 Å². The molecule has 2 nitrogen and oxygen atoms in total. The van der Waals surface area contributed by atoms with Crippen LogP contribution in [0.2, 0.25) is 0 Å². The van der Waals surface area contributed by atoms with E-state index in [0.717, 1.165) is 31.9 Å². The topological polar surface area (TPSA) is 15.3 Å². The van der Waals surface area contributed by atoms with E-state index in [1.807, 2.05) is 6.07 Å². The highest BCUT2D eigenvalue weighted by Gasteiger charge is 2.22. The van der Waals surface area contributed by atoms with Crippen LogP contribution in [0.1, 0.15) is 37.2 Å². The van der Waals surface area contributed by atoms with Crippen LogP contribution in [0, 0.1) is 5.82 Å². The van der Waals surface area contributed by atoms with Gasteiger partial charge < -0.3 is 10.2 Å². The van der Waals surface area contributed by atoms with Crippen molar-refractivity contribution in [3.05, 3.63) is 29.6 Å². The predicted octanol–water partition coefficient (Wildman–Crippen LogP) is 2.89. The second kappa shape index (κ2) is 5.27. The molecule has 98 valence electrons. The van der Waals surface area contributed by atoms with Crippen molar-refractivity contribution in [2.45, 2.75) is 31.6 Å². The monoisotopic (exact) mass is 248 g/mol. The van der Waals surface area contributed by atoms with Gasteiger partial charge in [0, 0.05) is 25.3 Å². The first-order chi connectivity index (χ1) is 8.84. The summed E-state index contributed by atoms with van der Waals surface area (Å²) in [4.78, 5) is 2.35. The number of anilines is 1. The fourth-order valence-electron chi connectivity index (χ4n) is 3.21. The molecule has 3 rings (SSSR count). The fourth-order valence-corrected chi connectivity index (χ4v) is 3.21. The minimum Gasteiger partial charge on any atom is -0.371 e. The molecule has 2 fully saturated rings. The third-order valence-corrected chi connectivity index (χ3v) is 4.18. The van der Waals surface area contributed by atoms with Crippen LogP contribution >= 0.6 is 0 Å². The summed E-state index contributed by atoms with van der Waals surface area (Å²) >= 11 is 0. The van der Waals surface area contributed by atoms with E-state index in [1.165, 1.54) is 31.2 Å². The van der Waals surface area contributed by atoms with Crippen LogP contribution in [0.4, 0.5) is 10.1 Å². The molecular formula is C15H21FN2. The Bertz CT molecular complexity index is 407. The maximum absolute atomic E-state index is 13.5. The van der Waals surface area contributed by atoms with Gasteiger partial charge in [-0.1, -0.05) is 6.07 Å². The first-order valence-electron chi connectivity index (χ1n) is 7.10. The van der Waals surface area contributed by atoms with Crippen LogP contribution < -0.4 is 10.2 Å². The number of piperidine rings is 1. The zero-order chi connectivity index (χ0) is 12.4. The van der Waals surface area contributed by atoms with Crippen molar-refractivity contribution in [2.24, 2.45) is 0 Å².